The predicted molar refractivity (Wildman–Crippen MR) is 137 cm³/mol. The maximum atomic E-state index is 13.5. The van der Waals surface area contributed by atoms with Gasteiger partial charge in [-0.05, 0) is 61.1 Å². The van der Waals surface area contributed by atoms with E-state index in [0.29, 0.717) is 59.6 Å². The van der Waals surface area contributed by atoms with Gasteiger partial charge in [0.05, 0.1) is 12.6 Å². The summed E-state index contributed by atoms with van der Waals surface area (Å²) in [6.45, 7) is 3.50. The number of hydrogen-bond acceptors (Lipinski definition) is 4. The van der Waals surface area contributed by atoms with E-state index in [1.165, 1.54) is 0 Å². The van der Waals surface area contributed by atoms with Crippen LogP contribution in [0.4, 0.5) is 5.69 Å². The van der Waals surface area contributed by atoms with Gasteiger partial charge in [0.15, 0.2) is 0 Å². The maximum absolute atomic E-state index is 13.5. The van der Waals surface area contributed by atoms with E-state index in [9.17, 15) is 14.4 Å². The van der Waals surface area contributed by atoms with E-state index in [1.54, 1.807) is 25.1 Å². The van der Waals surface area contributed by atoms with Gasteiger partial charge >= 0.3 is 0 Å². The highest BCUT2D eigenvalue weighted by Crippen LogP contribution is 2.52. The van der Waals surface area contributed by atoms with Crippen molar-refractivity contribution in [2.75, 3.05) is 25.0 Å². The lowest BCUT2D eigenvalue weighted by Gasteiger charge is -2.41. The number of halogens is 1. The molecule has 0 aromatic heterocycles. The number of carbonyl (C=O) groups excluding carboxylic acids is 3. The first-order valence-corrected chi connectivity index (χ1v) is 12.6. The first-order chi connectivity index (χ1) is 17.3. The number of piperidine rings is 2. The summed E-state index contributed by atoms with van der Waals surface area (Å²) in [5.41, 5.74) is 1.76. The summed E-state index contributed by atoms with van der Waals surface area (Å²) in [7, 11) is 0. The second kappa shape index (κ2) is 9.51. The summed E-state index contributed by atoms with van der Waals surface area (Å²) >= 11 is 6.20. The minimum absolute atomic E-state index is 0.0938. The fraction of sp³-hybridized carbons (Fsp3) is 0.393. The summed E-state index contributed by atoms with van der Waals surface area (Å²) in [5.74, 6) is 3.33. The Morgan fingerprint density at radius 3 is 2.72 bits per heavy atom. The zero-order valence-electron chi connectivity index (χ0n) is 20.1. The van der Waals surface area contributed by atoms with E-state index in [-0.39, 0.29) is 24.1 Å². The molecule has 5 rings (SSSR count). The van der Waals surface area contributed by atoms with Crippen molar-refractivity contribution in [3.05, 3.63) is 58.1 Å². The Hall–Kier alpha value is -3.50. The van der Waals surface area contributed by atoms with Gasteiger partial charge in [0.2, 0.25) is 17.7 Å². The van der Waals surface area contributed by atoms with E-state index >= 15 is 0 Å². The van der Waals surface area contributed by atoms with Crippen LogP contribution in [-0.4, -0.2) is 42.3 Å². The zero-order chi connectivity index (χ0) is 25.4. The number of amides is 3. The molecule has 2 aromatic rings. The topological polar surface area (TPSA) is 87.7 Å². The standard InChI is InChI=1S/C28H28ClN3O4/c1-3-18-4-7-24(36-16-19-9-12-32(13-10-19)17(2)33)21(14-18)26-28(11-8-25(34)31-26)22-6-5-20(29)15-23(22)30-27(28)35/h1,4-7,14-15,19,26H,8-13,16H2,2H3,(H,30,35)(H,31,34)/t26-,28-/m1/s1. The van der Waals surface area contributed by atoms with Gasteiger partial charge in [-0.1, -0.05) is 23.6 Å². The molecule has 8 heteroatoms. The molecule has 2 atom stereocenters. The molecule has 186 valence electrons. The van der Waals surface area contributed by atoms with Crippen LogP contribution in [0, 0.1) is 18.3 Å². The summed E-state index contributed by atoms with van der Waals surface area (Å²) in [5, 5.41) is 6.57. The van der Waals surface area contributed by atoms with Gasteiger partial charge in [-0.2, -0.15) is 0 Å². The molecule has 7 nitrogen and oxygen atoms in total. The molecule has 1 spiro atoms. The van der Waals surface area contributed by atoms with E-state index in [4.69, 9.17) is 22.8 Å². The number of carbonyl (C=O) groups is 3. The van der Waals surface area contributed by atoms with E-state index in [1.807, 2.05) is 23.1 Å². The van der Waals surface area contributed by atoms with E-state index in [0.717, 1.165) is 18.4 Å². The lowest BCUT2D eigenvalue weighted by Crippen LogP contribution is -2.52. The van der Waals surface area contributed by atoms with Crippen LogP contribution >= 0.6 is 11.6 Å². The second-order valence-electron chi connectivity index (χ2n) is 9.77. The molecule has 2 aromatic carbocycles. The first-order valence-electron chi connectivity index (χ1n) is 12.2. The molecule has 3 aliphatic rings. The van der Waals surface area contributed by atoms with Crippen LogP contribution in [0.15, 0.2) is 36.4 Å². The molecule has 0 bridgehead atoms. The van der Waals surface area contributed by atoms with Crippen molar-refractivity contribution in [2.24, 2.45) is 5.92 Å². The Balaban J connectivity index is 1.49. The molecule has 3 aliphatic heterocycles. The number of rotatable bonds is 4. The molecular formula is C28H28ClN3O4. The van der Waals surface area contributed by atoms with Gasteiger partial charge < -0.3 is 20.3 Å². The highest BCUT2D eigenvalue weighted by atomic mass is 35.5. The fourth-order valence-electron chi connectivity index (χ4n) is 5.67. The van der Waals surface area contributed by atoms with Crippen molar-refractivity contribution >= 4 is 35.0 Å². The van der Waals surface area contributed by atoms with Crippen LogP contribution in [0.3, 0.4) is 0 Å². The average Bonchev–Trinajstić information content (AvgIpc) is 3.14. The highest BCUT2D eigenvalue weighted by Gasteiger charge is 2.56. The number of nitrogens with one attached hydrogen (secondary N) is 2. The smallest absolute Gasteiger partial charge is 0.237 e. The second-order valence-corrected chi connectivity index (χ2v) is 10.2. The van der Waals surface area contributed by atoms with E-state index < -0.39 is 11.5 Å². The summed E-state index contributed by atoms with van der Waals surface area (Å²) < 4.78 is 6.33. The third kappa shape index (κ3) is 4.20. The van der Waals surface area contributed by atoms with Gasteiger partial charge in [-0.15, -0.1) is 6.42 Å². The normalized spacial score (nSPS) is 23.6. The molecule has 0 unspecified atom stereocenters. The Morgan fingerprint density at radius 2 is 2.00 bits per heavy atom. The average molecular weight is 506 g/mol. The van der Waals surface area contributed by atoms with Crippen molar-refractivity contribution in [3.8, 4) is 18.1 Å². The van der Waals surface area contributed by atoms with Crippen molar-refractivity contribution in [3.63, 3.8) is 0 Å². The molecule has 0 saturated carbocycles. The van der Waals surface area contributed by atoms with Crippen LogP contribution in [0.2, 0.25) is 5.02 Å². The summed E-state index contributed by atoms with van der Waals surface area (Å²) in [4.78, 5) is 39.7. The minimum Gasteiger partial charge on any atom is -0.493 e. The largest absolute Gasteiger partial charge is 0.493 e. The Bertz CT molecular complexity index is 1280. The number of terminal acetylenes is 1. The summed E-state index contributed by atoms with van der Waals surface area (Å²) in [6.07, 6.45) is 8.02. The number of likely N-dealkylation sites (tertiary alicyclic amines) is 1. The molecule has 2 fully saturated rings. The number of ether oxygens (including phenoxy) is 1. The van der Waals surface area contributed by atoms with Crippen molar-refractivity contribution < 1.29 is 19.1 Å². The highest BCUT2D eigenvalue weighted by molar-refractivity contribution is 6.31. The van der Waals surface area contributed by atoms with Gasteiger partial charge in [0.25, 0.3) is 0 Å². The maximum Gasteiger partial charge on any atom is 0.237 e. The quantitative estimate of drug-likeness (QED) is 0.619. The molecule has 3 amide bonds. The molecule has 3 heterocycles. The van der Waals surface area contributed by atoms with Crippen molar-refractivity contribution in [1.29, 1.82) is 0 Å². The molecule has 36 heavy (non-hydrogen) atoms. The van der Waals surface area contributed by atoms with Crippen LogP contribution in [0.1, 0.15) is 55.3 Å². The monoisotopic (exact) mass is 505 g/mol. The number of nitrogens with zero attached hydrogens (tertiary/aromatic N) is 1. The fourth-order valence-corrected chi connectivity index (χ4v) is 5.84. The Kier molecular flexibility index (Phi) is 6.40. The zero-order valence-corrected chi connectivity index (χ0v) is 20.9. The Morgan fingerprint density at radius 1 is 1.22 bits per heavy atom. The lowest BCUT2D eigenvalue weighted by molar-refractivity contribution is -0.131. The van der Waals surface area contributed by atoms with Gasteiger partial charge in [0.1, 0.15) is 11.2 Å². The molecule has 0 radical (unpaired) electrons. The lowest BCUT2D eigenvalue weighted by atomic mass is 9.67. The molecular weight excluding hydrogens is 478 g/mol. The first kappa shape index (κ1) is 24.2. The van der Waals surface area contributed by atoms with E-state index in [2.05, 4.69) is 16.6 Å². The minimum atomic E-state index is -1.01. The van der Waals surface area contributed by atoms with Gasteiger partial charge in [-0.25, -0.2) is 0 Å². The number of hydrogen-bond donors (Lipinski definition) is 2. The van der Waals surface area contributed by atoms with Crippen LogP contribution in [0.25, 0.3) is 0 Å². The predicted octanol–water partition coefficient (Wildman–Crippen LogP) is 3.80. The third-order valence-electron chi connectivity index (χ3n) is 7.68. The van der Waals surface area contributed by atoms with Gasteiger partial charge in [0, 0.05) is 48.3 Å². The van der Waals surface area contributed by atoms with Crippen molar-refractivity contribution in [2.45, 2.75) is 44.1 Å². The Labute approximate surface area is 215 Å². The SMILES string of the molecule is C#Cc1ccc(OCC2CCN(C(C)=O)CC2)c([C@H]2NC(=O)CC[C@]23C(=O)Nc2cc(Cl)ccc23)c1. The molecule has 2 N–H and O–H groups in total. The third-order valence-corrected chi connectivity index (χ3v) is 7.92. The van der Waals surface area contributed by atoms with Crippen LogP contribution < -0.4 is 15.4 Å². The number of benzene rings is 2. The molecule has 2 saturated heterocycles. The van der Waals surface area contributed by atoms with Crippen LogP contribution in [0.5, 0.6) is 5.75 Å². The molecule has 0 aliphatic carbocycles. The summed E-state index contributed by atoms with van der Waals surface area (Å²) in [6, 6.07) is 10.1. The number of fused-ring (bicyclic) bond motifs is 2. The van der Waals surface area contributed by atoms with Gasteiger partial charge in [-0.3, -0.25) is 14.4 Å². The van der Waals surface area contributed by atoms with Crippen molar-refractivity contribution in [1.82, 2.24) is 10.2 Å². The van der Waals surface area contributed by atoms with Crippen LogP contribution in [-0.2, 0) is 19.8 Å². The number of anilines is 1.